The Bertz CT molecular complexity index is 767. The lowest BCUT2D eigenvalue weighted by Crippen LogP contribution is -1.96. The van der Waals surface area contributed by atoms with Gasteiger partial charge in [-0.25, -0.2) is 4.98 Å². The van der Waals surface area contributed by atoms with Crippen molar-refractivity contribution in [2.75, 3.05) is 21.3 Å². The summed E-state index contributed by atoms with van der Waals surface area (Å²) in [5.74, 6) is 1.75. The minimum atomic E-state index is 0.547. The van der Waals surface area contributed by atoms with Gasteiger partial charge >= 0.3 is 0 Å². The van der Waals surface area contributed by atoms with Crippen LogP contribution in [0.25, 0.3) is 11.1 Å². The van der Waals surface area contributed by atoms with Crippen molar-refractivity contribution in [3.05, 3.63) is 36.4 Å². The molecule has 3 aromatic rings. The lowest BCUT2D eigenvalue weighted by atomic mass is 10.3. The van der Waals surface area contributed by atoms with Crippen molar-refractivity contribution in [2.45, 2.75) is 10.1 Å². The fourth-order valence-corrected chi connectivity index (χ4v) is 3.01. The summed E-state index contributed by atoms with van der Waals surface area (Å²) in [5, 5.41) is 0.548. The highest BCUT2D eigenvalue weighted by Crippen LogP contribution is 2.45. The lowest BCUT2D eigenvalue weighted by Gasteiger charge is -2.14. The monoisotopic (exact) mass is 317 g/mol. The molecule has 0 atom stereocenters. The van der Waals surface area contributed by atoms with E-state index in [-0.39, 0.29) is 0 Å². The van der Waals surface area contributed by atoms with E-state index in [1.807, 2.05) is 36.4 Å². The molecule has 1 heterocycles. The highest BCUT2D eigenvalue weighted by atomic mass is 32.2. The van der Waals surface area contributed by atoms with E-state index < -0.39 is 0 Å². The second-order valence-corrected chi connectivity index (χ2v) is 5.38. The normalized spacial score (nSPS) is 10.7. The SMILES string of the molecule is COc1ccc(Sc2nc3ccccc3o2)c(OC)c1OC. The summed E-state index contributed by atoms with van der Waals surface area (Å²) in [4.78, 5) is 5.29. The number of rotatable bonds is 5. The van der Waals surface area contributed by atoms with Crippen LogP contribution in [0, 0.1) is 0 Å². The van der Waals surface area contributed by atoms with Gasteiger partial charge in [0.05, 0.1) is 26.2 Å². The fourth-order valence-electron chi connectivity index (χ4n) is 2.14. The number of aromatic nitrogens is 1. The summed E-state index contributed by atoms with van der Waals surface area (Å²) in [5.41, 5.74) is 1.58. The topological polar surface area (TPSA) is 53.7 Å². The van der Waals surface area contributed by atoms with Gasteiger partial charge in [0, 0.05) is 0 Å². The third kappa shape index (κ3) is 2.57. The molecule has 6 heteroatoms. The van der Waals surface area contributed by atoms with Crippen LogP contribution in [0.2, 0.25) is 0 Å². The molecule has 0 amide bonds. The van der Waals surface area contributed by atoms with E-state index >= 15 is 0 Å². The zero-order valence-electron chi connectivity index (χ0n) is 12.5. The number of hydrogen-bond donors (Lipinski definition) is 0. The van der Waals surface area contributed by atoms with Crippen molar-refractivity contribution >= 4 is 22.9 Å². The third-order valence-electron chi connectivity index (χ3n) is 3.14. The zero-order chi connectivity index (χ0) is 15.5. The number of hydrogen-bond acceptors (Lipinski definition) is 6. The second kappa shape index (κ2) is 6.19. The maximum Gasteiger partial charge on any atom is 0.261 e. The average molecular weight is 317 g/mol. The molecule has 5 nitrogen and oxygen atoms in total. The Labute approximate surface area is 132 Å². The van der Waals surface area contributed by atoms with Crippen molar-refractivity contribution in [1.29, 1.82) is 0 Å². The Balaban J connectivity index is 2.00. The van der Waals surface area contributed by atoms with Gasteiger partial charge < -0.3 is 18.6 Å². The largest absolute Gasteiger partial charge is 0.493 e. The quantitative estimate of drug-likeness (QED) is 0.709. The van der Waals surface area contributed by atoms with Gasteiger partial charge in [-0.3, -0.25) is 0 Å². The highest BCUT2D eigenvalue weighted by molar-refractivity contribution is 7.99. The minimum Gasteiger partial charge on any atom is -0.493 e. The Morgan fingerprint density at radius 2 is 1.68 bits per heavy atom. The first-order valence-corrected chi connectivity index (χ1v) is 7.41. The standard InChI is InChI=1S/C16H15NO4S/c1-18-12-8-9-13(15(20-3)14(12)19-2)22-16-17-10-6-4-5-7-11(10)21-16/h4-9H,1-3H3. The molecule has 3 rings (SSSR count). The van der Waals surface area contributed by atoms with Crippen molar-refractivity contribution in [3.8, 4) is 17.2 Å². The summed E-state index contributed by atoms with van der Waals surface area (Å²) in [6.07, 6.45) is 0. The van der Waals surface area contributed by atoms with Crippen LogP contribution in [0.4, 0.5) is 0 Å². The zero-order valence-corrected chi connectivity index (χ0v) is 13.3. The third-order valence-corrected chi connectivity index (χ3v) is 4.03. The molecule has 0 bridgehead atoms. The summed E-state index contributed by atoms with van der Waals surface area (Å²) in [7, 11) is 4.76. The predicted molar refractivity (Wildman–Crippen MR) is 84.2 cm³/mol. The number of nitrogens with zero attached hydrogens (tertiary/aromatic N) is 1. The Hall–Kier alpha value is -2.34. The first kappa shape index (κ1) is 14.6. The van der Waals surface area contributed by atoms with Crippen molar-refractivity contribution in [3.63, 3.8) is 0 Å². The van der Waals surface area contributed by atoms with E-state index in [2.05, 4.69) is 4.98 Å². The van der Waals surface area contributed by atoms with Crippen molar-refractivity contribution in [2.24, 2.45) is 0 Å². The maximum atomic E-state index is 5.73. The molecule has 22 heavy (non-hydrogen) atoms. The van der Waals surface area contributed by atoms with Crippen LogP contribution in [-0.2, 0) is 0 Å². The van der Waals surface area contributed by atoms with Gasteiger partial charge in [0.25, 0.3) is 5.22 Å². The van der Waals surface area contributed by atoms with Crippen molar-refractivity contribution < 1.29 is 18.6 Å². The van der Waals surface area contributed by atoms with E-state index in [1.165, 1.54) is 11.8 Å². The van der Waals surface area contributed by atoms with Gasteiger partial charge in [0.1, 0.15) is 5.52 Å². The highest BCUT2D eigenvalue weighted by Gasteiger charge is 2.18. The Morgan fingerprint density at radius 3 is 2.36 bits per heavy atom. The summed E-state index contributed by atoms with van der Waals surface area (Å²) in [6.45, 7) is 0. The first-order valence-electron chi connectivity index (χ1n) is 6.59. The van der Waals surface area contributed by atoms with E-state index in [1.54, 1.807) is 21.3 Å². The average Bonchev–Trinajstić information content (AvgIpc) is 2.96. The Morgan fingerprint density at radius 1 is 0.909 bits per heavy atom. The van der Waals surface area contributed by atoms with Crippen molar-refractivity contribution in [1.82, 2.24) is 4.98 Å². The molecule has 0 aliphatic carbocycles. The number of fused-ring (bicyclic) bond motifs is 1. The van der Waals surface area contributed by atoms with Gasteiger partial charge in [-0.15, -0.1) is 0 Å². The van der Waals surface area contributed by atoms with Gasteiger partial charge in [0.2, 0.25) is 5.75 Å². The molecular weight excluding hydrogens is 302 g/mol. The maximum absolute atomic E-state index is 5.73. The molecule has 0 N–H and O–H groups in total. The van der Waals surface area contributed by atoms with Gasteiger partial charge in [-0.05, 0) is 36.0 Å². The van der Waals surface area contributed by atoms with Crippen LogP contribution in [-0.4, -0.2) is 26.3 Å². The molecule has 0 radical (unpaired) electrons. The molecule has 0 saturated heterocycles. The van der Waals surface area contributed by atoms with Crippen LogP contribution in [0.1, 0.15) is 0 Å². The van der Waals surface area contributed by atoms with E-state index in [9.17, 15) is 0 Å². The van der Waals surface area contributed by atoms with Crippen LogP contribution < -0.4 is 14.2 Å². The summed E-state index contributed by atoms with van der Waals surface area (Å²) >= 11 is 1.37. The van der Waals surface area contributed by atoms with E-state index in [4.69, 9.17) is 18.6 Å². The number of para-hydroxylation sites is 2. The van der Waals surface area contributed by atoms with Gasteiger partial charge in [-0.1, -0.05) is 12.1 Å². The van der Waals surface area contributed by atoms with Crippen LogP contribution in [0.5, 0.6) is 17.2 Å². The number of benzene rings is 2. The van der Waals surface area contributed by atoms with E-state index in [0.29, 0.717) is 22.5 Å². The molecule has 0 spiro atoms. The summed E-state index contributed by atoms with van der Waals surface area (Å²) in [6, 6.07) is 11.4. The molecule has 0 aliphatic rings. The molecule has 2 aromatic carbocycles. The second-order valence-electron chi connectivity index (χ2n) is 4.38. The molecule has 0 fully saturated rings. The number of methoxy groups -OCH3 is 3. The number of oxazole rings is 1. The van der Waals surface area contributed by atoms with E-state index in [0.717, 1.165) is 16.0 Å². The molecule has 114 valence electrons. The molecule has 0 aliphatic heterocycles. The Kier molecular flexibility index (Phi) is 4.11. The number of ether oxygens (including phenoxy) is 3. The molecule has 0 saturated carbocycles. The smallest absolute Gasteiger partial charge is 0.261 e. The molecule has 0 unspecified atom stereocenters. The lowest BCUT2D eigenvalue weighted by molar-refractivity contribution is 0.319. The van der Waals surface area contributed by atoms with Crippen LogP contribution in [0.3, 0.4) is 0 Å². The predicted octanol–water partition coefficient (Wildman–Crippen LogP) is 4.00. The molecule has 1 aromatic heterocycles. The van der Waals surface area contributed by atoms with Crippen LogP contribution in [0.15, 0.2) is 50.9 Å². The van der Waals surface area contributed by atoms with Gasteiger partial charge in [-0.2, -0.15) is 0 Å². The minimum absolute atomic E-state index is 0.547. The fraction of sp³-hybridized carbons (Fsp3) is 0.188. The van der Waals surface area contributed by atoms with Gasteiger partial charge in [0.15, 0.2) is 17.1 Å². The first-order chi connectivity index (χ1) is 10.8. The van der Waals surface area contributed by atoms with Crippen LogP contribution >= 0.6 is 11.8 Å². The molecular formula is C16H15NO4S. The summed E-state index contributed by atoms with van der Waals surface area (Å²) < 4.78 is 21.8.